The highest BCUT2D eigenvalue weighted by molar-refractivity contribution is 5.81. The van der Waals surface area contributed by atoms with E-state index in [-0.39, 0.29) is 17.4 Å². The quantitative estimate of drug-likeness (QED) is 0.768. The number of rotatable bonds is 6. The Kier molecular flexibility index (Phi) is 5.56. The molecule has 7 nitrogen and oxygen atoms in total. The zero-order valence-corrected chi connectivity index (χ0v) is 15.1. The van der Waals surface area contributed by atoms with E-state index in [1.165, 1.54) is 0 Å². The summed E-state index contributed by atoms with van der Waals surface area (Å²) in [6.07, 6.45) is 2.80. The Labute approximate surface area is 151 Å². The number of benzene rings is 1. The highest BCUT2D eigenvalue weighted by atomic mass is 16.5. The number of nitrogens with zero attached hydrogens (tertiary/aromatic N) is 1. The van der Waals surface area contributed by atoms with Gasteiger partial charge in [0.2, 0.25) is 0 Å². The lowest BCUT2D eigenvalue weighted by molar-refractivity contribution is -0.142. The minimum atomic E-state index is -0.727. The van der Waals surface area contributed by atoms with E-state index < -0.39 is 5.97 Å². The standard InChI is InChI=1S/C19H24N2O5/c1-11-20-16-10-17(26-8-7-25-2)14(9-15(16)18(22)21-11)12-3-5-13(6-4-12)19(23)24/h9-10,12-13H,3-8H2,1-2H3,(H,23,24)(H,20,21,22). The number of hydrogen-bond acceptors (Lipinski definition) is 5. The van der Waals surface area contributed by atoms with Gasteiger partial charge in [0.1, 0.15) is 18.2 Å². The first kappa shape index (κ1) is 18.4. The molecule has 0 radical (unpaired) electrons. The van der Waals surface area contributed by atoms with Gasteiger partial charge in [0.25, 0.3) is 5.56 Å². The molecule has 1 fully saturated rings. The van der Waals surface area contributed by atoms with Gasteiger partial charge in [-0.2, -0.15) is 0 Å². The highest BCUT2D eigenvalue weighted by Gasteiger charge is 2.28. The average molecular weight is 360 g/mol. The van der Waals surface area contributed by atoms with Gasteiger partial charge in [0.05, 0.1) is 23.4 Å². The fourth-order valence-electron chi connectivity index (χ4n) is 3.63. The van der Waals surface area contributed by atoms with Gasteiger partial charge in [0, 0.05) is 13.2 Å². The molecule has 140 valence electrons. The summed E-state index contributed by atoms with van der Waals surface area (Å²) < 4.78 is 11.0. The number of aliphatic carboxylic acids is 1. The fourth-order valence-corrected chi connectivity index (χ4v) is 3.63. The normalized spacial score (nSPS) is 20.2. The molecule has 1 aromatic heterocycles. The van der Waals surface area contributed by atoms with Crippen molar-refractivity contribution in [2.45, 2.75) is 38.5 Å². The topological polar surface area (TPSA) is 102 Å². The zero-order chi connectivity index (χ0) is 18.7. The molecule has 2 aromatic rings. The summed E-state index contributed by atoms with van der Waals surface area (Å²) in [7, 11) is 1.61. The number of hydrogen-bond donors (Lipinski definition) is 2. The van der Waals surface area contributed by atoms with Crippen molar-refractivity contribution < 1.29 is 19.4 Å². The van der Waals surface area contributed by atoms with Crippen LogP contribution < -0.4 is 10.3 Å². The van der Waals surface area contributed by atoms with Crippen LogP contribution in [0.1, 0.15) is 43.0 Å². The largest absolute Gasteiger partial charge is 0.491 e. The molecule has 0 amide bonds. The first-order valence-corrected chi connectivity index (χ1v) is 8.88. The fraction of sp³-hybridized carbons (Fsp3) is 0.526. The van der Waals surface area contributed by atoms with Crippen LogP contribution in [0.2, 0.25) is 0 Å². The Morgan fingerprint density at radius 1 is 1.27 bits per heavy atom. The number of fused-ring (bicyclic) bond motifs is 1. The van der Waals surface area contributed by atoms with Crippen molar-refractivity contribution in [3.05, 3.63) is 33.9 Å². The molecular formula is C19H24N2O5. The Hall–Kier alpha value is -2.41. The number of carboxylic acid groups (broad SMARTS) is 1. The van der Waals surface area contributed by atoms with Crippen LogP contribution in [0.3, 0.4) is 0 Å². The van der Waals surface area contributed by atoms with Crippen LogP contribution in [0.15, 0.2) is 16.9 Å². The Morgan fingerprint density at radius 3 is 2.65 bits per heavy atom. The van der Waals surface area contributed by atoms with Gasteiger partial charge in [-0.1, -0.05) is 0 Å². The first-order chi connectivity index (χ1) is 12.5. The van der Waals surface area contributed by atoms with E-state index in [0.29, 0.717) is 48.5 Å². The van der Waals surface area contributed by atoms with Crippen molar-refractivity contribution in [1.29, 1.82) is 0 Å². The van der Waals surface area contributed by atoms with E-state index in [1.807, 2.05) is 12.1 Å². The van der Waals surface area contributed by atoms with E-state index in [9.17, 15) is 14.7 Å². The number of aryl methyl sites for hydroxylation is 1. The van der Waals surface area contributed by atoms with Crippen LogP contribution in [-0.4, -0.2) is 41.4 Å². The lowest BCUT2D eigenvalue weighted by atomic mass is 9.78. The number of carbonyl (C=O) groups is 1. The van der Waals surface area contributed by atoms with E-state index in [2.05, 4.69) is 9.97 Å². The number of nitrogens with one attached hydrogen (secondary N) is 1. The predicted octanol–water partition coefficient (Wildman–Crippen LogP) is 2.62. The number of aromatic amines is 1. The Morgan fingerprint density at radius 2 is 2.00 bits per heavy atom. The monoisotopic (exact) mass is 360 g/mol. The molecule has 0 bridgehead atoms. The second kappa shape index (κ2) is 7.86. The SMILES string of the molecule is COCCOc1cc2nc(C)[nH]c(=O)c2cc1C1CCC(C(=O)O)CC1. The third kappa shape index (κ3) is 3.88. The number of H-pyrrole nitrogens is 1. The number of aromatic nitrogens is 2. The zero-order valence-electron chi connectivity index (χ0n) is 15.1. The van der Waals surface area contributed by atoms with Crippen molar-refractivity contribution in [1.82, 2.24) is 9.97 Å². The van der Waals surface area contributed by atoms with Gasteiger partial charge < -0.3 is 19.6 Å². The molecule has 1 aromatic carbocycles. The van der Waals surface area contributed by atoms with E-state index >= 15 is 0 Å². The highest BCUT2D eigenvalue weighted by Crippen LogP contribution is 2.40. The number of ether oxygens (including phenoxy) is 2. The van der Waals surface area contributed by atoms with Crippen LogP contribution in [0, 0.1) is 12.8 Å². The summed E-state index contributed by atoms with van der Waals surface area (Å²) in [5.74, 6) is 0.422. The van der Waals surface area contributed by atoms with E-state index in [0.717, 1.165) is 18.4 Å². The molecule has 0 unspecified atom stereocenters. The van der Waals surface area contributed by atoms with Gasteiger partial charge in [-0.3, -0.25) is 9.59 Å². The van der Waals surface area contributed by atoms with Crippen LogP contribution in [-0.2, 0) is 9.53 Å². The molecule has 0 spiro atoms. The molecule has 0 saturated heterocycles. The van der Waals surface area contributed by atoms with Gasteiger partial charge in [-0.05, 0) is 50.2 Å². The lowest BCUT2D eigenvalue weighted by Crippen LogP contribution is -2.21. The Balaban J connectivity index is 1.97. The van der Waals surface area contributed by atoms with Crippen LogP contribution in [0.5, 0.6) is 5.75 Å². The van der Waals surface area contributed by atoms with Crippen LogP contribution in [0.25, 0.3) is 10.9 Å². The van der Waals surface area contributed by atoms with Gasteiger partial charge >= 0.3 is 5.97 Å². The summed E-state index contributed by atoms with van der Waals surface area (Å²) >= 11 is 0. The van der Waals surface area contributed by atoms with E-state index in [1.54, 1.807) is 14.0 Å². The lowest BCUT2D eigenvalue weighted by Gasteiger charge is -2.28. The maximum atomic E-state index is 12.3. The summed E-state index contributed by atoms with van der Waals surface area (Å²) in [4.78, 5) is 30.6. The smallest absolute Gasteiger partial charge is 0.306 e. The predicted molar refractivity (Wildman–Crippen MR) is 96.8 cm³/mol. The molecule has 7 heteroatoms. The maximum absolute atomic E-state index is 12.3. The van der Waals surface area contributed by atoms with Gasteiger partial charge in [0.15, 0.2) is 0 Å². The summed E-state index contributed by atoms with van der Waals surface area (Å²) in [5, 5.41) is 9.74. The average Bonchev–Trinajstić information content (AvgIpc) is 2.61. The molecule has 0 atom stereocenters. The van der Waals surface area contributed by atoms with Gasteiger partial charge in [-0.25, -0.2) is 4.98 Å². The summed E-state index contributed by atoms with van der Waals surface area (Å²) in [5.41, 5.74) is 1.38. The van der Waals surface area contributed by atoms with Crippen molar-refractivity contribution >= 4 is 16.9 Å². The van der Waals surface area contributed by atoms with E-state index in [4.69, 9.17) is 9.47 Å². The molecule has 1 aliphatic carbocycles. The van der Waals surface area contributed by atoms with Crippen molar-refractivity contribution in [2.75, 3.05) is 20.3 Å². The van der Waals surface area contributed by atoms with Crippen molar-refractivity contribution in [2.24, 2.45) is 5.92 Å². The third-order valence-corrected chi connectivity index (χ3v) is 5.02. The van der Waals surface area contributed by atoms with Crippen molar-refractivity contribution in [3.8, 4) is 5.75 Å². The van der Waals surface area contributed by atoms with Crippen LogP contribution in [0.4, 0.5) is 0 Å². The summed E-state index contributed by atoms with van der Waals surface area (Å²) in [6.45, 7) is 2.61. The maximum Gasteiger partial charge on any atom is 0.306 e. The first-order valence-electron chi connectivity index (χ1n) is 8.88. The molecule has 1 aliphatic rings. The third-order valence-electron chi connectivity index (χ3n) is 5.02. The van der Waals surface area contributed by atoms with Crippen LogP contribution >= 0.6 is 0 Å². The van der Waals surface area contributed by atoms with Crippen molar-refractivity contribution in [3.63, 3.8) is 0 Å². The molecule has 2 N–H and O–H groups in total. The van der Waals surface area contributed by atoms with Gasteiger partial charge in [-0.15, -0.1) is 0 Å². The molecule has 1 saturated carbocycles. The number of carboxylic acids is 1. The minimum Gasteiger partial charge on any atom is -0.491 e. The minimum absolute atomic E-state index is 0.170. The molecular weight excluding hydrogens is 336 g/mol. The number of methoxy groups -OCH3 is 1. The molecule has 0 aliphatic heterocycles. The second-order valence-corrected chi connectivity index (χ2v) is 6.79. The second-order valence-electron chi connectivity index (χ2n) is 6.79. The Bertz CT molecular complexity index is 853. The summed E-state index contributed by atoms with van der Waals surface area (Å²) in [6, 6.07) is 3.67. The molecule has 26 heavy (non-hydrogen) atoms. The molecule has 1 heterocycles. The molecule has 3 rings (SSSR count).